The van der Waals surface area contributed by atoms with Crippen LogP contribution in [0.25, 0.3) is 21.6 Å². The Labute approximate surface area is 193 Å². The van der Waals surface area contributed by atoms with Crippen molar-refractivity contribution in [2.24, 2.45) is 0 Å². The number of hydrogen-bond acceptors (Lipinski definition) is 5. The molecule has 0 saturated heterocycles. The van der Waals surface area contributed by atoms with E-state index in [0.29, 0.717) is 17.0 Å². The van der Waals surface area contributed by atoms with Gasteiger partial charge in [-0.3, -0.25) is 0 Å². The van der Waals surface area contributed by atoms with E-state index < -0.39 is 17.8 Å². The molecule has 1 saturated carbocycles. The number of nitrogens with zero attached hydrogens (tertiary/aromatic N) is 3. The number of rotatable bonds is 5. The number of para-hydroxylation sites is 1. The topological polar surface area (TPSA) is 47.9 Å². The third kappa shape index (κ3) is 4.71. The first-order valence-corrected chi connectivity index (χ1v) is 11.9. The molecule has 5 rings (SSSR count). The molecule has 1 aliphatic carbocycles. The van der Waals surface area contributed by atoms with Gasteiger partial charge in [-0.2, -0.15) is 13.2 Å². The molecule has 1 aliphatic rings. The van der Waals surface area contributed by atoms with E-state index >= 15 is 0 Å². The van der Waals surface area contributed by atoms with Gasteiger partial charge in [-0.1, -0.05) is 55.7 Å². The summed E-state index contributed by atoms with van der Waals surface area (Å²) in [4.78, 5) is 13.1. The molecule has 4 aromatic rings. The molecule has 0 N–H and O–H groups in total. The summed E-state index contributed by atoms with van der Waals surface area (Å²) < 4.78 is 46.8. The van der Waals surface area contributed by atoms with E-state index in [4.69, 9.17) is 9.72 Å². The molecule has 1 fully saturated rings. The molecule has 33 heavy (non-hydrogen) atoms. The van der Waals surface area contributed by atoms with Crippen LogP contribution in [0, 0.1) is 0 Å². The summed E-state index contributed by atoms with van der Waals surface area (Å²) in [5, 5.41) is 2.80. The minimum absolute atomic E-state index is 0.0324. The third-order valence-electron chi connectivity index (χ3n) is 5.93. The first-order valence-electron chi connectivity index (χ1n) is 11.0. The zero-order valence-electron chi connectivity index (χ0n) is 17.8. The van der Waals surface area contributed by atoms with Crippen LogP contribution in [0.15, 0.2) is 53.9 Å². The van der Waals surface area contributed by atoms with Gasteiger partial charge < -0.3 is 4.74 Å². The standard InChI is InChI=1S/C25H22F3N3OS/c26-25(27,28)22-23(32-14-16-8-3-1-4-9-16)31-21-18(12-7-13-19(21)29-22)24-30-20(15-33-24)17-10-5-2-6-11-17/h1,3-4,7-9,12-13,15,17H,2,5-6,10-11,14H2. The van der Waals surface area contributed by atoms with Crippen LogP contribution in [0.1, 0.15) is 55.0 Å². The Morgan fingerprint density at radius 1 is 0.909 bits per heavy atom. The van der Waals surface area contributed by atoms with Gasteiger partial charge in [0, 0.05) is 16.9 Å². The maximum atomic E-state index is 13.7. The van der Waals surface area contributed by atoms with Gasteiger partial charge in [-0.05, 0) is 30.5 Å². The fourth-order valence-electron chi connectivity index (χ4n) is 4.24. The molecule has 8 heteroatoms. The average Bonchev–Trinajstić information content (AvgIpc) is 3.32. The summed E-state index contributed by atoms with van der Waals surface area (Å²) in [6.07, 6.45) is 1.26. The van der Waals surface area contributed by atoms with Gasteiger partial charge in [0.05, 0.1) is 11.2 Å². The van der Waals surface area contributed by atoms with Gasteiger partial charge in [-0.15, -0.1) is 11.3 Å². The Morgan fingerprint density at radius 2 is 1.70 bits per heavy atom. The fraction of sp³-hybridized carbons (Fsp3) is 0.320. The summed E-state index contributed by atoms with van der Waals surface area (Å²) in [6.45, 7) is -0.0324. The summed E-state index contributed by atoms with van der Waals surface area (Å²) in [7, 11) is 0. The molecule has 170 valence electrons. The minimum Gasteiger partial charge on any atom is -0.471 e. The Balaban J connectivity index is 1.54. The molecule has 0 spiro atoms. The van der Waals surface area contributed by atoms with Gasteiger partial charge in [-0.25, -0.2) is 15.0 Å². The monoisotopic (exact) mass is 469 g/mol. The van der Waals surface area contributed by atoms with Crippen molar-refractivity contribution >= 4 is 22.4 Å². The lowest BCUT2D eigenvalue weighted by atomic mass is 9.87. The maximum absolute atomic E-state index is 13.7. The Kier molecular flexibility index (Phi) is 6.01. The average molecular weight is 470 g/mol. The lowest BCUT2D eigenvalue weighted by Crippen LogP contribution is -2.13. The van der Waals surface area contributed by atoms with Crippen LogP contribution in [-0.4, -0.2) is 15.0 Å². The van der Waals surface area contributed by atoms with Crippen molar-refractivity contribution in [1.82, 2.24) is 15.0 Å². The van der Waals surface area contributed by atoms with E-state index in [1.807, 2.05) is 12.1 Å². The van der Waals surface area contributed by atoms with Crippen molar-refractivity contribution in [1.29, 1.82) is 0 Å². The van der Waals surface area contributed by atoms with Crippen LogP contribution < -0.4 is 4.74 Å². The number of fused-ring (bicyclic) bond motifs is 1. The van der Waals surface area contributed by atoms with Crippen LogP contribution in [0.5, 0.6) is 5.88 Å². The zero-order valence-corrected chi connectivity index (χ0v) is 18.6. The van der Waals surface area contributed by atoms with Crippen LogP contribution in [0.4, 0.5) is 13.2 Å². The predicted octanol–water partition coefficient (Wildman–Crippen LogP) is 7.40. The van der Waals surface area contributed by atoms with Crippen LogP contribution >= 0.6 is 11.3 Å². The first-order chi connectivity index (χ1) is 16.0. The van der Waals surface area contributed by atoms with E-state index in [2.05, 4.69) is 15.3 Å². The smallest absolute Gasteiger partial charge is 0.438 e. The second kappa shape index (κ2) is 9.09. The molecule has 0 atom stereocenters. The normalized spacial score (nSPS) is 15.1. The van der Waals surface area contributed by atoms with Crippen LogP contribution in [0.2, 0.25) is 0 Å². The highest BCUT2D eigenvalue weighted by molar-refractivity contribution is 7.13. The van der Waals surface area contributed by atoms with Crippen LogP contribution in [-0.2, 0) is 12.8 Å². The second-order valence-electron chi connectivity index (χ2n) is 8.24. The van der Waals surface area contributed by atoms with Crippen molar-refractivity contribution in [3.05, 3.63) is 70.9 Å². The van der Waals surface area contributed by atoms with E-state index in [9.17, 15) is 13.2 Å². The van der Waals surface area contributed by atoms with E-state index in [1.165, 1.54) is 36.7 Å². The number of thiazole rings is 1. The molecule has 0 unspecified atom stereocenters. The maximum Gasteiger partial charge on any atom is 0.438 e. The minimum atomic E-state index is -4.68. The molecule has 0 amide bonds. The van der Waals surface area contributed by atoms with Crippen molar-refractivity contribution < 1.29 is 17.9 Å². The van der Waals surface area contributed by atoms with Crippen molar-refractivity contribution in [2.45, 2.75) is 50.8 Å². The highest BCUT2D eigenvalue weighted by Crippen LogP contribution is 2.39. The summed E-state index contributed by atoms with van der Waals surface area (Å²) in [5.41, 5.74) is 1.89. The Morgan fingerprint density at radius 3 is 2.45 bits per heavy atom. The molecule has 2 aromatic carbocycles. The number of aromatic nitrogens is 3. The van der Waals surface area contributed by atoms with Gasteiger partial charge in [0.15, 0.2) is 0 Å². The quantitative estimate of drug-likeness (QED) is 0.306. The molecular weight excluding hydrogens is 447 g/mol. The lowest BCUT2D eigenvalue weighted by molar-refractivity contribution is -0.142. The Hall–Kier alpha value is -3.00. The second-order valence-corrected chi connectivity index (χ2v) is 9.09. The fourth-order valence-corrected chi connectivity index (χ4v) is 5.17. The van der Waals surface area contributed by atoms with Crippen molar-refractivity contribution in [3.8, 4) is 16.5 Å². The van der Waals surface area contributed by atoms with Crippen molar-refractivity contribution in [3.63, 3.8) is 0 Å². The molecular formula is C25H22F3N3OS. The predicted molar refractivity (Wildman–Crippen MR) is 122 cm³/mol. The third-order valence-corrected chi connectivity index (χ3v) is 6.82. The van der Waals surface area contributed by atoms with Crippen molar-refractivity contribution in [2.75, 3.05) is 0 Å². The number of alkyl halides is 3. The molecule has 2 heterocycles. The highest BCUT2D eigenvalue weighted by atomic mass is 32.1. The summed E-state index contributed by atoms with van der Waals surface area (Å²) in [5.74, 6) is -0.0678. The summed E-state index contributed by atoms with van der Waals surface area (Å²) >= 11 is 1.50. The molecule has 0 bridgehead atoms. The van der Waals surface area contributed by atoms with Gasteiger partial charge in [0.1, 0.15) is 17.1 Å². The number of benzene rings is 2. The van der Waals surface area contributed by atoms with Gasteiger partial charge in [0.25, 0.3) is 0 Å². The zero-order chi connectivity index (χ0) is 22.8. The van der Waals surface area contributed by atoms with Gasteiger partial charge >= 0.3 is 6.18 Å². The van der Waals surface area contributed by atoms with E-state index in [1.54, 1.807) is 30.3 Å². The molecule has 0 aliphatic heterocycles. The molecule has 0 radical (unpaired) electrons. The molecule has 2 aromatic heterocycles. The summed E-state index contributed by atoms with van der Waals surface area (Å²) in [6, 6.07) is 14.1. The number of halogens is 3. The van der Waals surface area contributed by atoms with Crippen LogP contribution in [0.3, 0.4) is 0 Å². The first kappa shape index (κ1) is 21.8. The highest BCUT2D eigenvalue weighted by Gasteiger charge is 2.38. The lowest BCUT2D eigenvalue weighted by Gasteiger charge is -2.19. The number of ether oxygens (including phenoxy) is 1. The SMILES string of the molecule is FC(F)(F)c1nc2cccc(-c3nc(C4CCCCC4)cs3)c2nc1OCc1ccccc1. The van der Waals surface area contributed by atoms with Gasteiger partial charge in [0.2, 0.25) is 11.6 Å². The largest absolute Gasteiger partial charge is 0.471 e. The molecule has 4 nitrogen and oxygen atoms in total. The van der Waals surface area contributed by atoms with E-state index in [-0.39, 0.29) is 12.1 Å². The Bertz CT molecular complexity index is 1250. The number of hydrogen-bond donors (Lipinski definition) is 0. The van der Waals surface area contributed by atoms with E-state index in [0.717, 1.165) is 29.1 Å².